The molecule has 0 saturated carbocycles. The Bertz CT molecular complexity index is 920. The van der Waals surface area contributed by atoms with Crippen molar-refractivity contribution in [2.45, 2.75) is 27.3 Å². The SMILES string of the molecule is Cc1ccc(NC(=O)c2cc(C)nc(NCc3ccccc3C)n2)cc1. The Morgan fingerprint density at radius 1 is 0.962 bits per heavy atom. The monoisotopic (exact) mass is 346 g/mol. The lowest BCUT2D eigenvalue weighted by Crippen LogP contribution is -2.16. The second-order valence-corrected chi connectivity index (χ2v) is 6.32. The van der Waals surface area contributed by atoms with E-state index in [1.807, 2.05) is 50.2 Å². The Balaban J connectivity index is 1.73. The predicted molar refractivity (Wildman–Crippen MR) is 104 cm³/mol. The summed E-state index contributed by atoms with van der Waals surface area (Å²) in [6.45, 7) is 6.53. The van der Waals surface area contributed by atoms with Crippen molar-refractivity contribution in [3.05, 3.63) is 82.7 Å². The number of nitrogens with zero attached hydrogens (tertiary/aromatic N) is 2. The maximum atomic E-state index is 12.5. The van der Waals surface area contributed by atoms with Crippen LogP contribution in [0.1, 0.15) is 32.9 Å². The largest absolute Gasteiger partial charge is 0.350 e. The Hall–Kier alpha value is -3.21. The number of hydrogen-bond acceptors (Lipinski definition) is 4. The average Bonchev–Trinajstić information content (AvgIpc) is 2.62. The third-order valence-corrected chi connectivity index (χ3v) is 4.09. The third-order valence-electron chi connectivity index (χ3n) is 4.09. The predicted octanol–water partition coefficient (Wildman–Crippen LogP) is 4.27. The molecule has 0 bridgehead atoms. The highest BCUT2D eigenvalue weighted by Crippen LogP contribution is 2.13. The van der Waals surface area contributed by atoms with Gasteiger partial charge in [0.25, 0.3) is 5.91 Å². The van der Waals surface area contributed by atoms with E-state index in [0.717, 1.165) is 16.9 Å². The molecule has 1 heterocycles. The van der Waals surface area contributed by atoms with Gasteiger partial charge in [0.1, 0.15) is 5.69 Å². The lowest BCUT2D eigenvalue weighted by molar-refractivity contribution is 0.102. The van der Waals surface area contributed by atoms with Crippen molar-refractivity contribution in [2.75, 3.05) is 10.6 Å². The number of aromatic nitrogens is 2. The van der Waals surface area contributed by atoms with E-state index in [2.05, 4.69) is 39.7 Å². The number of hydrogen-bond donors (Lipinski definition) is 2. The normalized spacial score (nSPS) is 10.4. The number of anilines is 2. The van der Waals surface area contributed by atoms with E-state index in [9.17, 15) is 4.79 Å². The van der Waals surface area contributed by atoms with Crippen LogP contribution in [0.3, 0.4) is 0 Å². The second-order valence-electron chi connectivity index (χ2n) is 6.32. The maximum Gasteiger partial charge on any atom is 0.274 e. The van der Waals surface area contributed by atoms with Gasteiger partial charge in [0.05, 0.1) is 0 Å². The molecule has 2 N–H and O–H groups in total. The molecule has 0 aliphatic carbocycles. The Morgan fingerprint density at radius 2 is 1.69 bits per heavy atom. The summed E-state index contributed by atoms with van der Waals surface area (Å²) < 4.78 is 0. The fourth-order valence-electron chi connectivity index (χ4n) is 2.58. The van der Waals surface area contributed by atoms with Crippen molar-refractivity contribution in [2.24, 2.45) is 0 Å². The molecule has 1 aromatic heterocycles. The van der Waals surface area contributed by atoms with Gasteiger partial charge < -0.3 is 10.6 Å². The lowest BCUT2D eigenvalue weighted by Gasteiger charge is -2.10. The van der Waals surface area contributed by atoms with E-state index in [1.165, 1.54) is 11.1 Å². The van der Waals surface area contributed by atoms with Gasteiger partial charge in [-0.1, -0.05) is 42.0 Å². The molecule has 132 valence electrons. The Morgan fingerprint density at radius 3 is 2.42 bits per heavy atom. The van der Waals surface area contributed by atoms with Gasteiger partial charge in [-0.3, -0.25) is 4.79 Å². The summed E-state index contributed by atoms with van der Waals surface area (Å²) in [4.78, 5) is 21.2. The number of aryl methyl sites for hydroxylation is 3. The average molecular weight is 346 g/mol. The summed E-state index contributed by atoms with van der Waals surface area (Å²) in [6, 6.07) is 17.5. The van der Waals surface area contributed by atoms with Crippen molar-refractivity contribution >= 4 is 17.5 Å². The molecule has 0 radical (unpaired) electrons. The van der Waals surface area contributed by atoms with Crippen LogP contribution in [0.5, 0.6) is 0 Å². The fraction of sp³-hybridized carbons (Fsp3) is 0.190. The molecule has 3 aromatic rings. The van der Waals surface area contributed by atoms with Crippen LogP contribution in [0.25, 0.3) is 0 Å². The zero-order valence-electron chi connectivity index (χ0n) is 15.2. The summed E-state index contributed by atoms with van der Waals surface area (Å²) >= 11 is 0. The molecule has 0 aliphatic heterocycles. The Labute approximate surface area is 153 Å². The van der Waals surface area contributed by atoms with Gasteiger partial charge in [-0.25, -0.2) is 9.97 Å². The summed E-state index contributed by atoms with van der Waals surface area (Å²) in [5.74, 6) is 0.195. The molecule has 1 amide bonds. The summed E-state index contributed by atoms with van der Waals surface area (Å²) in [5.41, 5.74) is 5.33. The zero-order chi connectivity index (χ0) is 18.5. The summed E-state index contributed by atoms with van der Waals surface area (Å²) in [5, 5.41) is 6.07. The van der Waals surface area contributed by atoms with Gasteiger partial charge in [0, 0.05) is 17.9 Å². The first kappa shape index (κ1) is 17.6. The van der Waals surface area contributed by atoms with E-state index in [0.29, 0.717) is 18.2 Å². The molecule has 0 saturated heterocycles. The molecule has 5 nitrogen and oxygen atoms in total. The first-order valence-electron chi connectivity index (χ1n) is 8.53. The number of benzene rings is 2. The van der Waals surface area contributed by atoms with Crippen LogP contribution in [-0.4, -0.2) is 15.9 Å². The van der Waals surface area contributed by atoms with E-state index >= 15 is 0 Å². The number of carbonyl (C=O) groups excluding carboxylic acids is 1. The Kier molecular flexibility index (Phi) is 5.27. The van der Waals surface area contributed by atoms with Gasteiger partial charge in [0.2, 0.25) is 5.95 Å². The minimum Gasteiger partial charge on any atom is -0.350 e. The highest BCUT2D eigenvalue weighted by atomic mass is 16.1. The van der Waals surface area contributed by atoms with Crippen LogP contribution in [0, 0.1) is 20.8 Å². The molecule has 26 heavy (non-hydrogen) atoms. The lowest BCUT2D eigenvalue weighted by atomic mass is 10.1. The van der Waals surface area contributed by atoms with Crippen LogP contribution in [-0.2, 0) is 6.54 Å². The van der Waals surface area contributed by atoms with Crippen LogP contribution in [0.4, 0.5) is 11.6 Å². The van der Waals surface area contributed by atoms with Crippen LogP contribution in [0.2, 0.25) is 0 Å². The quantitative estimate of drug-likeness (QED) is 0.724. The fourth-order valence-corrected chi connectivity index (χ4v) is 2.58. The van der Waals surface area contributed by atoms with E-state index in [-0.39, 0.29) is 5.91 Å². The van der Waals surface area contributed by atoms with E-state index in [4.69, 9.17) is 0 Å². The second kappa shape index (κ2) is 7.78. The molecule has 0 unspecified atom stereocenters. The molecule has 0 spiro atoms. The third kappa shape index (κ3) is 4.45. The topological polar surface area (TPSA) is 66.9 Å². The highest BCUT2D eigenvalue weighted by molar-refractivity contribution is 6.03. The van der Waals surface area contributed by atoms with Crippen molar-refractivity contribution in [1.82, 2.24) is 9.97 Å². The molecule has 0 fully saturated rings. The van der Waals surface area contributed by atoms with E-state index in [1.54, 1.807) is 6.07 Å². The van der Waals surface area contributed by atoms with Crippen LogP contribution < -0.4 is 10.6 Å². The van der Waals surface area contributed by atoms with Crippen LogP contribution >= 0.6 is 0 Å². The standard InChI is InChI=1S/C21H22N4O/c1-14-8-10-18(11-9-14)24-20(26)19-12-16(3)23-21(25-19)22-13-17-7-5-4-6-15(17)2/h4-12H,13H2,1-3H3,(H,24,26)(H,22,23,25). The number of amides is 1. The van der Waals surface area contributed by atoms with Gasteiger partial charge in [0.15, 0.2) is 0 Å². The molecule has 3 rings (SSSR count). The van der Waals surface area contributed by atoms with Crippen molar-refractivity contribution in [3.63, 3.8) is 0 Å². The van der Waals surface area contributed by atoms with Crippen molar-refractivity contribution < 1.29 is 4.79 Å². The number of rotatable bonds is 5. The van der Waals surface area contributed by atoms with E-state index < -0.39 is 0 Å². The molecule has 2 aromatic carbocycles. The van der Waals surface area contributed by atoms with Crippen molar-refractivity contribution in [1.29, 1.82) is 0 Å². The van der Waals surface area contributed by atoms with Gasteiger partial charge in [-0.15, -0.1) is 0 Å². The number of nitrogens with one attached hydrogen (secondary N) is 2. The molecule has 0 atom stereocenters. The minimum absolute atomic E-state index is 0.252. The number of carbonyl (C=O) groups is 1. The summed E-state index contributed by atoms with van der Waals surface area (Å²) in [7, 11) is 0. The van der Waals surface area contributed by atoms with Gasteiger partial charge >= 0.3 is 0 Å². The summed E-state index contributed by atoms with van der Waals surface area (Å²) in [6.07, 6.45) is 0. The minimum atomic E-state index is -0.252. The van der Waals surface area contributed by atoms with Crippen LogP contribution in [0.15, 0.2) is 54.6 Å². The molecular formula is C21H22N4O. The van der Waals surface area contributed by atoms with Gasteiger partial charge in [-0.05, 0) is 50.1 Å². The highest BCUT2D eigenvalue weighted by Gasteiger charge is 2.11. The molecular weight excluding hydrogens is 324 g/mol. The first-order valence-corrected chi connectivity index (χ1v) is 8.53. The first-order chi connectivity index (χ1) is 12.5. The van der Waals surface area contributed by atoms with Gasteiger partial charge in [-0.2, -0.15) is 0 Å². The van der Waals surface area contributed by atoms with Crippen molar-refractivity contribution in [3.8, 4) is 0 Å². The zero-order valence-corrected chi connectivity index (χ0v) is 15.2. The molecule has 0 aliphatic rings. The molecule has 5 heteroatoms. The smallest absolute Gasteiger partial charge is 0.274 e. The maximum absolute atomic E-state index is 12.5.